The van der Waals surface area contributed by atoms with Crippen LogP contribution in [0.25, 0.3) is 10.8 Å². The van der Waals surface area contributed by atoms with Crippen LogP contribution in [0.2, 0.25) is 0 Å². The van der Waals surface area contributed by atoms with Gasteiger partial charge in [0.25, 0.3) is 0 Å². The standard InChI is InChI=1S/C15H13F3N2O/c1-9(14(21)15(16,17)18)20-12-5-6-13-10(7-12)3-2-4-11(13)8-19/h2-7,9,14,20-21H,1H3/t9-,14+/m1/s1. The van der Waals surface area contributed by atoms with Gasteiger partial charge >= 0.3 is 6.18 Å². The molecule has 0 unspecified atom stereocenters. The van der Waals surface area contributed by atoms with E-state index in [9.17, 15) is 18.3 Å². The summed E-state index contributed by atoms with van der Waals surface area (Å²) < 4.78 is 37.3. The minimum absolute atomic E-state index is 0.452. The maximum absolute atomic E-state index is 12.4. The van der Waals surface area contributed by atoms with Gasteiger partial charge in [0.1, 0.15) is 0 Å². The number of aliphatic hydroxyl groups is 1. The summed E-state index contributed by atoms with van der Waals surface area (Å²) in [5.41, 5.74) is 0.954. The summed E-state index contributed by atoms with van der Waals surface area (Å²) in [5.74, 6) is 0. The molecule has 2 rings (SSSR count). The molecule has 0 aliphatic carbocycles. The molecule has 6 heteroatoms. The number of nitrogens with one attached hydrogen (secondary N) is 1. The van der Waals surface area contributed by atoms with Gasteiger partial charge in [0, 0.05) is 5.69 Å². The normalized spacial score (nSPS) is 14.5. The van der Waals surface area contributed by atoms with E-state index in [2.05, 4.69) is 11.4 Å². The number of aliphatic hydroxyl groups excluding tert-OH is 1. The average Bonchev–Trinajstić information content (AvgIpc) is 2.44. The number of hydrogen-bond acceptors (Lipinski definition) is 3. The topological polar surface area (TPSA) is 56.0 Å². The average molecular weight is 294 g/mol. The Balaban J connectivity index is 2.27. The SMILES string of the molecule is C[C@@H](Nc1ccc2c(C#N)cccc2c1)[C@H](O)C(F)(F)F. The second kappa shape index (κ2) is 5.62. The Hall–Kier alpha value is -2.26. The van der Waals surface area contributed by atoms with E-state index in [0.717, 1.165) is 10.8 Å². The number of nitrogens with zero attached hydrogens (tertiary/aromatic N) is 1. The molecule has 0 aliphatic rings. The van der Waals surface area contributed by atoms with E-state index in [-0.39, 0.29) is 0 Å². The number of rotatable bonds is 3. The third kappa shape index (κ3) is 3.26. The molecule has 0 bridgehead atoms. The Morgan fingerprint density at radius 3 is 2.57 bits per heavy atom. The molecule has 110 valence electrons. The zero-order valence-electron chi connectivity index (χ0n) is 11.1. The van der Waals surface area contributed by atoms with Gasteiger partial charge in [-0.25, -0.2) is 0 Å². The van der Waals surface area contributed by atoms with Crippen molar-refractivity contribution in [3.05, 3.63) is 42.0 Å². The zero-order valence-corrected chi connectivity index (χ0v) is 11.1. The van der Waals surface area contributed by atoms with Gasteiger partial charge in [-0.15, -0.1) is 0 Å². The highest BCUT2D eigenvalue weighted by Gasteiger charge is 2.41. The summed E-state index contributed by atoms with van der Waals surface area (Å²) in [4.78, 5) is 0. The largest absolute Gasteiger partial charge is 0.416 e. The Morgan fingerprint density at radius 1 is 1.24 bits per heavy atom. The molecule has 0 spiro atoms. The van der Waals surface area contributed by atoms with Gasteiger partial charge in [-0.2, -0.15) is 18.4 Å². The van der Waals surface area contributed by atoms with Crippen molar-refractivity contribution in [1.82, 2.24) is 0 Å². The predicted octanol–water partition coefficient (Wildman–Crippen LogP) is 3.44. The maximum atomic E-state index is 12.4. The van der Waals surface area contributed by atoms with Crippen LogP contribution in [0.5, 0.6) is 0 Å². The van der Waals surface area contributed by atoms with Crippen molar-refractivity contribution in [3.8, 4) is 6.07 Å². The van der Waals surface area contributed by atoms with Crippen molar-refractivity contribution in [2.24, 2.45) is 0 Å². The quantitative estimate of drug-likeness (QED) is 0.911. The molecule has 2 aromatic carbocycles. The number of alkyl halides is 3. The summed E-state index contributed by atoms with van der Waals surface area (Å²) in [6.07, 6.45) is -7.12. The van der Waals surface area contributed by atoms with Crippen LogP contribution < -0.4 is 5.32 Å². The zero-order chi connectivity index (χ0) is 15.6. The molecule has 2 atom stereocenters. The van der Waals surface area contributed by atoms with E-state index in [1.54, 1.807) is 36.4 Å². The van der Waals surface area contributed by atoms with Crippen LogP contribution in [0.3, 0.4) is 0 Å². The lowest BCUT2D eigenvalue weighted by molar-refractivity contribution is -0.206. The molecular formula is C15H13F3N2O. The molecule has 0 saturated heterocycles. The number of benzene rings is 2. The van der Waals surface area contributed by atoms with Crippen LogP contribution >= 0.6 is 0 Å². The summed E-state index contributed by atoms with van der Waals surface area (Å²) in [5, 5.41) is 22.3. The lowest BCUT2D eigenvalue weighted by Gasteiger charge is -2.23. The Morgan fingerprint density at radius 2 is 1.95 bits per heavy atom. The lowest BCUT2D eigenvalue weighted by Crippen LogP contribution is -2.42. The fourth-order valence-electron chi connectivity index (χ4n) is 2.10. The first-order chi connectivity index (χ1) is 9.82. The highest BCUT2D eigenvalue weighted by molar-refractivity contribution is 5.90. The van der Waals surface area contributed by atoms with E-state index < -0.39 is 18.3 Å². The summed E-state index contributed by atoms with van der Waals surface area (Å²) in [6, 6.07) is 10.9. The van der Waals surface area contributed by atoms with E-state index in [1.807, 2.05) is 0 Å². The van der Waals surface area contributed by atoms with Crippen LogP contribution in [0.1, 0.15) is 12.5 Å². The number of hydrogen-bond donors (Lipinski definition) is 2. The van der Waals surface area contributed by atoms with Crippen LogP contribution in [-0.4, -0.2) is 23.4 Å². The third-order valence-corrected chi connectivity index (χ3v) is 3.20. The van der Waals surface area contributed by atoms with Crippen LogP contribution in [0.15, 0.2) is 36.4 Å². The van der Waals surface area contributed by atoms with Gasteiger partial charge in [0.2, 0.25) is 0 Å². The van der Waals surface area contributed by atoms with Crippen LogP contribution in [0.4, 0.5) is 18.9 Å². The van der Waals surface area contributed by atoms with E-state index in [4.69, 9.17) is 5.26 Å². The lowest BCUT2D eigenvalue weighted by atomic mass is 10.0. The minimum atomic E-state index is -4.67. The molecule has 2 N–H and O–H groups in total. The van der Waals surface area contributed by atoms with Gasteiger partial charge in [0.15, 0.2) is 6.10 Å². The summed E-state index contributed by atoms with van der Waals surface area (Å²) in [6.45, 7) is 1.26. The maximum Gasteiger partial charge on any atom is 0.416 e. The van der Waals surface area contributed by atoms with Crippen molar-refractivity contribution >= 4 is 16.5 Å². The predicted molar refractivity (Wildman–Crippen MR) is 73.8 cm³/mol. The monoisotopic (exact) mass is 294 g/mol. The van der Waals surface area contributed by atoms with Crippen LogP contribution in [-0.2, 0) is 0 Å². The van der Waals surface area contributed by atoms with Gasteiger partial charge in [-0.3, -0.25) is 0 Å². The second-order valence-electron chi connectivity index (χ2n) is 4.77. The fourth-order valence-corrected chi connectivity index (χ4v) is 2.10. The van der Waals surface area contributed by atoms with Crippen molar-refractivity contribution < 1.29 is 18.3 Å². The number of anilines is 1. The number of nitriles is 1. The molecule has 21 heavy (non-hydrogen) atoms. The summed E-state index contributed by atoms with van der Waals surface area (Å²) in [7, 11) is 0. The van der Waals surface area contributed by atoms with E-state index in [1.165, 1.54) is 6.92 Å². The molecule has 0 heterocycles. The molecule has 0 saturated carbocycles. The number of fused-ring (bicyclic) bond motifs is 1. The first-order valence-corrected chi connectivity index (χ1v) is 6.27. The fraction of sp³-hybridized carbons (Fsp3) is 0.267. The number of halogens is 3. The smallest absolute Gasteiger partial charge is 0.382 e. The van der Waals surface area contributed by atoms with Gasteiger partial charge in [-0.05, 0) is 35.9 Å². The van der Waals surface area contributed by atoms with E-state index >= 15 is 0 Å². The molecule has 3 nitrogen and oxygen atoms in total. The van der Waals surface area contributed by atoms with Crippen molar-refractivity contribution in [2.75, 3.05) is 5.32 Å². The second-order valence-corrected chi connectivity index (χ2v) is 4.77. The van der Waals surface area contributed by atoms with Gasteiger partial charge in [0.05, 0.1) is 17.7 Å². The molecule has 0 amide bonds. The van der Waals surface area contributed by atoms with Crippen LogP contribution in [0, 0.1) is 11.3 Å². The minimum Gasteiger partial charge on any atom is -0.382 e. The molecule has 0 radical (unpaired) electrons. The van der Waals surface area contributed by atoms with Crippen molar-refractivity contribution in [2.45, 2.75) is 25.2 Å². The van der Waals surface area contributed by atoms with Crippen molar-refractivity contribution in [1.29, 1.82) is 5.26 Å². The van der Waals surface area contributed by atoms with Gasteiger partial charge < -0.3 is 10.4 Å². The van der Waals surface area contributed by atoms with Gasteiger partial charge in [-0.1, -0.05) is 18.2 Å². The molecule has 0 aliphatic heterocycles. The Labute approximate surface area is 119 Å². The third-order valence-electron chi connectivity index (χ3n) is 3.20. The van der Waals surface area contributed by atoms with E-state index in [0.29, 0.717) is 11.3 Å². The molecule has 0 aromatic heterocycles. The first kappa shape index (κ1) is 15.1. The first-order valence-electron chi connectivity index (χ1n) is 6.27. The Bertz CT molecular complexity index is 691. The molecule has 2 aromatic rings. The highest BCUT2D eigenvalue weighted by atomic mass is 19.4. The highest BCUT2D eigenvalue weighted by Crippen LogP contribution is 2.26. The summed E-state index contributed by atoms with van der Waals surface area (Å²) >= 11 is 0. The molecular weight excluding hydrogens is 281 g/mol. The Kier molecular flexibility index (Phi) is 4.05. The van der Waals surface area contributed by atoms with Crippen molar-refractivity contribution in [3.63, 3.8) is 0 Å². The molecule has 0 fully saturated rings.